The lowest BCUT2D eigenvalue weighted by atomic mass is 10.1. The van der Waals surface area contributed by atoms with Gasteiger partial charge in [0.1, 0.15) is 5.82 Å². The summed E-state index contributed by atoms with van der Waals surface area (Å²) >= 11 is 0. The van der Waals surface area contributed by atoms with Crippen LogP contribution in [0.4, 0.5) is 11.8 Å². The highest BCUT2D eigenvalue weighted by Crippen LogP contribution is 2.13. The lowest BCUT2D eigenvalue weighted by molar-refractivity contribution is 0.560. The van der Waals surface area contributed by atoms with E-state index in [2.05, 4.69) is 40.5 Å². The molecule has 1 heterocycles. The Morgan fingerprint density at radius 2 is 1.42 bits per heavy atom. The Bertz CT molecular complexity index is 420. The third kappa shape index (κ3) is 9.74. The number of nitrogens with one attached hydrogen (secondary N) is 2. The maximum atomic E-state index is 4.48. The van der Waals surface area contributed by atoms with Gasteiger partial charge in [-0.3, -0.25) is 0 Å². The highest BCUT2D eigenvalue weighted by Gasteiger charge is 2.02. The van der Waals surface area contributed by atoms with Crippen molar-refractivity contribution < 1.29 is 0 Å². The lowest BCUT2D eigenvalue weighted by Crippen LogP contribution is -2.07. The Hall–Kier alpha value is -1.32. The minimum atomic E-state index is 0.714. The average Bonchev–Trinajstić information content (AvgIpc) is 2.59. The molecule has 0 fully saturated rings. The smallest absolute Gasteiger partial charge is 0.224 e. The van der Waals surface area contributed by atoms with Crippen molar-refractivity contribution >= 4 is 11.8 Å². The van der Waals surface area contributed by atoms with Gasteiger partial charge in [0, 0.05) is 25.4 Å². The first-order valence-electron chi connectivity index (χ1n) is 10.1. The maximum Gasteiger partial charge on any atom is 0.224 e. The molecule has 0 aliphatic heterocycles. The van der Waals surface area contributed by atoms with Crippen molar-refractivity contribution in [2.75, 3.05) is 24.2 Å². The molecule has 0 atom stereocenters. The number of anilines is 2. The Labute approximate surface area is 149 Å². The van der Waals surface area contributed by atoms with Crippen molar-refractivity contribution in [2.24, 2.45) is 0 Å². The van der Waals surface area contributed by atoms with E-state index in [1.807, 2.05) is 7.05 Å². The van der Waals surface area contributed by atoms with E-state index >= 15 is 0 Å². The van der Waals surface area contributed by atoms with Crippen LogP contribution in [0, 0.1) is 0 Å². The predicted octanol–water partition coefficient (Wildman–Crippen LogP) is 5.80. The quantitative estimate of drug-likeness (QED) is 0.398. The van der Waals surface area contributed by atoms with Gasteiger partial charge in [-0.1, -0.05) is 78.1 Å². The van der Waals surface area contributed by atoms with Gasteiger partial charge in [0.25, 0.3) is 0 Å². The van der Waals surface area contributed by atoms with Crippen LogP contribution in [0.5, 0.6) is 0 Å². The molecular weight excluding hydrogens is 296 g/mol. The summed E-state index contributed by atoms with van der Waals surface area (Å²) in [6, 6.07) is 2.08. The van der Waals surface area contributed by atoms with Crippen molar-refractivity contribution in [1.29, 1.82) is 0 Å². The minimum absolute atomic E-state index is 0.714. The van der Waals surface area contributed by atoms with Crippen molar-refractivity contribution in [1.82, 2.24) is 9.97 Å². The summed E-state index contributed by atoms with van der Waals surface area (Å²) in [7, 11) is 1.87. The standard InChI is InChI=1S/C20H38N4/c1-4-6-7-8-9-10-11-12-13-14-16-22-19-17-18(15-5-2)23-20(21-3)24-19/h17H,4-16H2,1-3H3,(H2,21,22,23,24). The Balaban J connectivity index is 2.09. The van der Waals surface area contributed by atoms with E-state index in [4.69, 9.17) is 0 Å². The number of aryl methyl sites for hydroxylation is 1. The molecular formula is C20H38N4. The van der Waals surface area contributed by atoms with Crippen LogP contribution >= 0.6 is 0 Å². The first-order valence-corrected chi connectivity index (χ1v) is 10.1. The lowest BCUT2D eigenvalue weighted by Gasteiger charge is -2.09. The molecule has 1 rings (SSSR count). The topological polar surface area (TPSA) is 49.8 Å². The molecule has 4 nitrogen and oxygen atoms in total. The first-order chi connectivity index (χ1) is 11.8. The molecule has 0 saturated carbocycles. The summed E-state index contributed by atoms with van der Waals surface area (Å²) in [4.78, 5) is 8.97. The number of unbranched alkanes of at least 4 members (excludes halogenated alkanes) is 9. The highest BCUT2D eigenvalue weighted by atomic mass is 15.1. The van der Waals surface area contributed by atoms with E-state index in [1.54, 1.807) is 0 Å². The number of aromatic nitrogens is 2. The molecule has 0 amide bonds. The molecule has 1 aromatic heterocycles. The fourth-order valence-electron chi connectivity index (χ4n) is 2.91. The zero-order valence-electron chi connectivity index (χ0n) is 16.2. The molecule has 0 radical (unpaired) electrons. The summed E-state index contributed by atoms with van der Waals surface area (Å²) in [6.07, 6.45) is 15.8. The summed E-state index contributed by atoms with van der Waals surface area (Å²) in [5, 5.41) is 6.50. The second-order valence-electron chi connectivity index (χ2n) is 6.68. The molecule has 0 aliphatic carbocycles. The monoisotopic (exact) mass is 334 g/mol. The van der Waals surface area contributed by atoms with Gasteiger partial charge < -0.3 is 10.6 Å². The third-order valence-electron chi connectivity index (χ3n) is 4.35. The molecule has 0 spiro atoms. The van der Waals surface area contributed by atoms with E-state index in [-0.39, 0.29) is 0 Å². The highest BCUT2D eigenvalue weighted by molar-refractivity contribution is 5.42. The number of hydrogen-bond donors (Lipinski definition) is 2. The molecule has 0 unspecified atom stereocenters. The SMILES string of the molecule is CCCCCCCCCCCCNc1cc(CCC)nc(NC)n1. The van der Waals surface area contributed by atoms with E-state index in [9.17, 15) is 0 Å². The minimum Gasteiger partial charge on any atom is -0.370 e. The third-order valence-corrected chi connectivity index (χ3v) is 4.35. The van der Waals surface area contributed by atoms with Crippen LogP contribution < -0.4 is 10.6 Å². The summed E-state index contributed by atoms with van der Waals surface area (Å²) < 4.78 is 0. The molecule has 1 aromatic rings. The van der Waals surface area contributed by atoms with Gasteiger partial charge >= 0.3 is 0 Å². The summed E-state index contributed by atoms with van der Waals surface area (Å²) in [6.45, 7) is 5.46. The Morgan fingerprint density at radius 3 is 2.00 bits per heavy atom. The molecule has 0 aliphatic rings. The van der Waals surface area contributed by atoms with Gasteiger partial charge in [0.2, 0.25) is 5.95 Å². The van der Waals surface area contributed by atoms with E-state index in [0.717, 1.165) is 30.9 Å². The molecule has 138 valence electrons. The van der Waals surface area contributed by atoms with E-state index in [0.29, 0.717) is 5.95 Å². The van der Waals surface area contributed by atoms with Crippen LogP contribution in [0.1, 0.15) is 90.2 Å². The average molecular weight is 335 g/mol. The van der Waals surface area contributed by atoms with Crippen molar-refractivity contribution in [3.8, 4) is 0 Å². The van der Waals surface area contributed by atoms with Gasteiger partial charge in [-0.2, -0.15) is 4.98 Å². The Morgan fingerprint density at radius 1 is 0.792 bits per heavy atom. The van der Waals surface area contributed by atoms with Crippen LogP contribution in [0.25, 0.3) is 0 Å². The van der Waals surface area contributed by atoms with Crippen molar-refractivity contribution in [3.63, 3.8) is 0 Å². The molecule has 0 bridgehead atoms. The fourth-order valence-corrected chi connectivity index (χ4v) is 2.91. The van der Waals surface area contributed by atoms with Crippen molar-refractivity contribution in [3.05, 3.63) is 11.8 Å². The van der Waals surface area contributed by atoms with Gasteiger partial charge in [-0.25, -0.2) is 4.98 Å². The van der Waals surface area contributed by atoms with Crippen LogP contribution in [-0.2, 0) is 6.42 Å². The maximum absolute atomic E-state index is 4.48. The normalized spacial score (nSPS) is 10.8. The second-order valence-corrected chi connectivity index (χ2v) is 6.68. The van der Waals surface area contributed by atoms with Crippen LogP contribution in [0.15, 0.2) is 6.07 Å². The van der Waals surface area contributed by atoms with Gasteiger partial charge in [0.15, 0.2) is 0 Å². The number of nitrogens with zero attached hydrogens (tertiary/aromatic N) is 2. The van der Waals surface area contributed by atoms with Crippen LogP contribution in [0.3, 0.4) is 0 Å². The van der Waals surface area contributed by atoms with E-state index < -0.39 is 0 Å². The van der Waals surface area contributed by atoms with Gasteiger partial charge in [-0.05, 0) is 12.8 Å². The zero-order chi connectivity index (χ0) is 17.5. The predicted molar refractivity (Wildman–Crippen MR) is 106 cm³/mol. The molecule has 4 heteroatoms. The van der Waals surface area contributed by atoms with Crippen molar-refractivity contribution in [2.45, 2.75) is 90.9 Å². The number of hydrogen-bond acceptors (Lipinski definition) is 4. The van der Waals surface area contributed by atoms with Crippen LogP contribution in [-0.4, -0.2) is 23.6 Å². The molecule has 0 saturated heterocycles. The first kappa shape index (κ1) is 20.7. The van der Waals surface area contributed by atoms with Crippen LogP contribution in [0.2, 0.25) is 0 Å². The molecule has 0 aromatic carbocycles. The summed E-state index contributed by atoms with van der Waals surface area (Å²) in [5.41, 5.74) is 1.11. The number of rotatable bonds is 15. The second kappa shape index (κ2) is 14.1. The van der Waals surface area contributed by atoms with Gasteiger partial charge in [0.05, 0.1) is 0 Å². The fraction of sp³-hybridized carbons (Fsp3) is 0.800. The van der Waals surface area contributed by atoms with E-state index in [1.165, 1.54) is 64.2 Å². The zero-order valence-corrected chi connectivity index (χ0v) is 16.2. The molecule has 2 N–H and O–H groups in total. The Kier molecular flexibility index (Phi) is 12.1. The van der Waals surface area contributed by atoms with Gasteiger partial charge in [-0.15, -0.1) is 0 Å². The molecule has 24 heavy (non-hydrogen) atoms. The summed E-state index contributed by atoms with van der Waals surface area (Å²) in [5.74, 6) is 1.67. The largest absolute Gasteiger partial charge is 0.370 e.